The molecule has 0 spiro atoms. The van der Waals surface area contributed by atoms with Crippen molar-refractivity contribution in [1.82, 2.24) is 10.2 Å². The number of sulfonamides is 1. The van der Waals surface area contributed by atoms with Crippen molar-refractivity contribution >= 4 is 27.5 Å². The first-order valence-electron chi connectivity index (χ1n) is 14.7. The molecule has 11 heteroatoms. The molecule has 3 aromatic carbocycles. The number of ether oxygens (including phenoxy) is 3. The molecule has 0 aliphatic carbocycles. The van der Waals surface area contributed by atoms with Crippen LogP contribution < -0.4 is 23.8 Å². The Balaban J connectivity index is 2.06. The number of anilines is 1. The van der Waals surface area contributed by atoms with E-state index in [1.807, 2.05) is 45.0 Å². The molecule has 0 bridgehead atoms. The SMILES string of the molecule is CCCCNC(=O)C(C)N(Cc1cccc(C)c1)C(=O)CN(c1ccc(OCC)cc1)S(=O)(=O)c1ccc(OC)c(OC)c1. The van der Waals surface area contributed by atoms with Crippen molar-refractivity contribution in [2.75, 3.05) is 38.2 Å². The fraction of sp³-hybridized carbons (Fsp3) is 0.394. The highest BCUT2D eigenvalue weighted by atomic mass is 32.2. The molecule has 0 aliphatic rings. The number of benzene rings is 3. The summed E-state index contributed by atoms with van der Waals surface area (Å²) in [6.07, 6.45) is 1.71. The Morgan fingerprint density at radius 1 is 0.932 bits per heavy atom. The van der Waals surface area contributed by atoms with Crippen LogP contribution >= 0.6 is 0 Å². The summed E-state index contributed by atoms with van der Waals surface area (Å²) in [5.41, 5.74) is 2.08. The van der Waals surface area contributed by atoms with Crippen molar-refractivity contribution in [1.29, 1.82) is 0 Å². The van der Waals surface area contributed by atoms with Gasteiger partial charge in [-0.1, -0.05) is 43.2 Å². The minimum atomic E-state index is -4.30. The molecule has 0 saturated heterocycles. The molecule has 1 atom stereocenters. The molecule has 0 aliphatic heterocycles. The zero-order valence-corrected chi connectivity index (χ0v) is 27.1. The Bertz CT molecular complexity index is 1510. The van der Waals surface area contributed by atoms with Crippen molar-refractivity contribution in [3.63, 3.8) is 0 Å². The molecule has 0 heterocycles. The number of amides is 2. The van der Waals surface area contributed by atoms with Gasteiger partial charge in [-0.05, 0) is 69.2 Å². The van der Waals surface area contributed by atoms with Gasteiger partial charge in [0.15, 0.2) is 11.5 Å². The summed E-state index contributed by atoms with van der Waals surface area (Å²) in [6, 6.07) is 17.5. The maximum absolute atomic E-state index is 14.2. The largest absolute Gasteiger partial charge is 0.494 e. The van der Waals surface area contributed by atoms with E-state index in [9.17, 15) is 18.0 Å². The van der Waals surface area contributed by atoms with E-state index in [0.717, 1.165) is 28.3 Å². The van der Waals surface area contributed by atoms with Crippen LogP contribution in [-0.2, 0) is 26.2 Å². The summed E-state index contributed by atoms with van der Waals surface area (Å²) in [6.45, 7) is 7.97. The molecule has 238 valence electrons. The molecule has 44 heavy (non-hydrogen) atoms. The average Bonchev–Trinajstić information content (AvgIpc) is 3.02. The topological polar surface area (TPSA) is 114 Å². The number of carbonyl (C=O) groups is 2. The Hall–Kier alpha value is -4.25. The molecular formula is C33H43N3O7S. The Morgan fingerprint density at radius 3 is 2.25 bits per heavy atom. The van der Waals surface area contributed by atoms with Crippen LogP contribution in [0.15, 0.2) is 71.6 Å². The van der Waals surface area contributed by atoms with Gasteiger partial charge >= 0.3 is 0 Å². The smallest absolute Gasteiger partial charge is 0.264 e. The van der Waals surface area contributed by atoms with E-state index < -0.39 is 28.5 Å². The predicted molar refractivity (Wildman–Crippen MR) is 171 cm³/mol. The van der Waals surface area contributed by atoms with Crippen molar-refractivity contribution < 1.29 is 32.2 Å². The zero-order chi connectivity index (χ0) is 32.3. The van der Waals surface area contributed by atoms with E-state index in [1.54, 1.807) is 31.2 Å². The first kappa shape index (κ1) is 34.2. The van der Waals surface area contributed by atoms with Gasteiger partial charge < -0.3 is 24.4 Å². The lowest BCUT2D eigenvalue weighted by molar-refractivity contribution is -0.139. The Kier molecular flexibility index (Phi) is 12.5. The molecule has 10 nitrogen and oxygen atoms in total. The molecule has 2 amide bonds. The monoisotopic (exact) mass is 625 g/mol. The second-order valence-electron chi connectivity index (χ2n) is 10.3. The number of rotatable bonds is 16. The van der Waals surface area contributed by atoms with Gasteiger partial charge in [-0.15, -0.1) is 0 Å². The van der Waals surface area contributed by atoms with Crippen LogP contribution in [-0.4, -0.2) is 65.1 Å². The number of carbonyl (C=O) groups excluding carboxylic acids is 2. The summed E-state index contributed by atoms with van der Waals surface area (Å²) in [5.74, 6) is 0.300. The number of unbranched alkanes of at least 4 members (excludes halogenated alkanes) is 1. The lowest BCUT2D eigenvalue weighted by atomic mass is 10.1. The second kappa shape index (κ2) is 16.0. The Labute approximate surface area is 261 Å². The van der Waals surface area contributed by atoms with Crippen LogP contribution in [0.5, 0.6) is 17.2 Å². The summed E-state index contributed by atoms with van der Waals surface area (Å²) >= 11 is 0. The normalized spacial score (nSPS) is 11.8. The maximum Gasteiger partial charge on any atom is 0.264 e. The fourth-order valence-corrected chi connectivity index (χ4v) is 6.06. The third kappa shape index (κ3) is 8.66. The van der Waals surface area contributed by atoms with Gasteiger partial charge in [-0.25, -0.2) is 8.42 Å². The first-order chi connectivity index (χ1) is 21.0. The quantitative estimate of drug-likeness (QED) is 0.224. The predicted octanol–water partition coefficient (Wildman–Crippen LogP) is 4.94. The molecule has 0 saturated carbocycles. The fourth-order valence-electron chi connectivity index (χ4n) is 4.63. The molecule has 1 unspecified atom stereocenters. The van der Waals surface area contributed by atoms with Gasteiger partial charge in [0.1, 0.15) is 18.3 Å². The van der Waals surface area contributed by atoms with E-state index in [2.05, 4.69) is 5.32 Å². The number of aryl methyl sites for hydroxylation is 1. The summed E-state index contributed by atoms with van der Waals surface area (Å²) in [7, 11) is -1.43. The Morgan fingerprint density at radius 2 is 1.64 bits per heavy atom. The highest BCUT2D eigenvalue weighted by molar-refractivity contribution is 7.92. The highest BCUT2D eigenvalue weighted by Gasteiger charge is 2.33. The molecule has 0 radical (unpaired) electrons. The minimum Gasteiger partial charge on any atom is -0.494 e. The zero-order valence-electron chi connectivity index (χ0n) is 26.3. The van der Waals surface area contributed by atoms with E-state index >= 15 is 0 Å². The van der Waals surface area contributed by atoms with Crippen molar-refractivity contribution in [2.45, 2.75) is 58.0 Å². The second-order valence-corrected chi connectivity index (χ2v) is 12.1. The summed E-state index contributed by atoms with van der Waals surface area (Å²) < 4.78 is 45.6. The van der Waals surface area contributed by atoms with E-state index in [1.165, 1.54) is 37.3 Å². The van der Waals surface area contributed by atoms with Crippen LogP contribution in [0, 0.1) is 6.92 Å². The van der Waals surface area contributed by atoms with Crippen molar-refractivity contribution in [3.05, 3.63) is 77.9 Å². The lowest BCUT2D eigenvalue weighted by Crippen LogP contribution is -2.51. The van der Waals surface area contributed by atoms with Crippen LogP contribution in [0.3, 0.4) is 0 Å². The van der Waals surface area contributed by atoms with Gasteiger partial charge in [-0.3, -0.25) is 13.9 Å². The number of hydrogen-bond acceptors (Lipinski definition) is 7. The third-order valence-corrected chi connectivity index (χ3v) is 8.86. The minimum absolute atomic E-state index is 0.0903. The van der Waals surface area contributed by atoms with Crippen LogP contribution in [0.1, 0.15) is 44.7 Å². The van der Waals surface area contributed by atoms with Gasteiger partial charge in [0.2, 0.25) is 11.8 Å². The number of methoxy groups -OCH3 is 2. The van der Waals surface area contributed by atoms with Gasteiger partial charge in [0.25, 0.3) is 10.0 Å². The summed E-state index contributed by atoms with van der Waals surface area (Å²) in [5, 5.41) is 2.89. The standard InChI is InChI=1S/C33H43N3O7S/c1-7-9-19-34-33(38)25(4)35(22-26-12-10-11-24(3)20-26)32(37)23-36(27-13-15-28(16-14-27)43-8-2)44(39,40)29-17-18-30(41-5)31(21-29)42-6/h10-18,20-21,25H,7-9,19,22-23H2,1-6H3,(H,34,38). The van der Waals surface area contributed by atoms with E-state index in [-0.39, 0.29) is 28.8 Å². The highest BCUT2D eigenvalue weighted by Crippen LogP contribution is 2.33. The molecule has 3 aromatic rings. The van der Waals surface area contributed by atoms with E-state index in [4.69, 9.17) is 14.2 Å². The van der Waals surface area contributed by atoms with Crippen molar-refractivity contribution in [3.8, 4) is 17.2 Å². The molecule has 0 aromatic heterocycles. The van der Waals surface area contributed by atoms with Crippen molar-refractivity contribution in [2.24, 2.45) is 0 Å². The average molecular weight is 626 g/mol. The number of nitrogens with zero attached hydrogens (tertiary/aromatic N) is 2. The maximum atomic E-state index is 14.2. The third-order valence-electron chi connectivity index (χ3n) is 7.09. The van der Waals surface area contributed by atoms with E-state index in [0.29, 0.717) is 24.7 Å². The molecular weight excluding hydrogens is 582 g/mol. The summed E-state index contributed by atoms with van der Waals surface area (Å²) in [4.78, 5) is 28.6. The van der Waals surface area contributed by atoms with Crippen LogP contribution in [0.4, 0.5) is 5.69 Å². The lowest BCUT2D eigenvalue weighted by Gasteiger charge is -2.32. The van der Waals surface area contributed by atoms with Gasteiger partial charge in [-0.2, -0.15) is 0 Å². The first-order valence-corrected chi connectivity index (χ1v) is 16.1. The van der Waals surface area contributed by atoms with Gasteiger partial charge in [0, 0.05) is 19.2 Å². The van der Waals surface area contributed by atoms with Crippen LogP contribution in [0.25, 0.3) is 0 Å². The molecule has 1 N–H and O–H groups in total. The molecule has 0 fully saturated rings. The molecule has 3 rings (SSSR count). The van der Waals surface area contributed by atoms with Crippen LogP contribution in [0.2, 0.25) is 0 Å². The van der Waals surface area contributed by atoms with Gasteiger partial charge in [0.05, 0.1) is 31.4 Å². The number of hydrogen-bond donors (Lipinski definition) is 1. The number of nitrogens with one attached hydrogen (secondary N) is 1.